The summed E-state index contributed by atoms with van der Waals surface area (Å²) in [6.07, 6.45) is 9.63. The maximum absolute atomic E-state index is 4.83. The second kappa shape index (κ2) is 7.19. The molecule has 0 amide bonds. The molecule has 0 unspecified atom stereocenters. The van der Waals surface area contributed by atoms with Crippen LogP contribution in [0.4, 0.5) is 5.82 Å². The van der Waals surface area contributed by atoms with Crippen molar-refractivity contribution in [2.45, 2.75) is 39.7 Å². The molecule has 138 valence electrons. The topological polar surface area (TPSA) is 50.1 Å². The number of aromatic nitrogens is 4. The van der Waals surface area contributed by atoms with Crippen molar-refractivity contribution in [1.82, 2.24) is 24.6 Å². The third-order valence-electron chi connectivity index (χ3n) is 5.61. The highest BCUT2D eigenvalue weighted by molar-refractivity contribution is 5.51. The summed E-state index contributed by atoms with van der Waals surface area (Å²) in [7, 11) is 2.01. The third kappa shape index (κ3) is 3.38. The summed E-state index contributed by atoms with van der Waals surface area (Å²) in [4.78, 5) is 14.6. The second-order valence-electron chi connectivity index (χ2n) is 7.38. The Morgan fingerprint density at radius 3 is 2.62 bits per heavy atom. The average Bonchev–Trinajstić information content (AvgIpc) is 2.84. The molecule has 6 heteroatoms. The van der Waals surface area contributed by atoms with Crippen LogP contribution in [0.25, 0.3) is 0 Å². The molecule has 0 spiro atoms. The van der Waals surface area contributed by atoms with Crippen molar-refractivity contribution in [3.8, 4) is 0 Å². The molecular weight excluding hydrogens is 324 g/mol. The maximum atomic E-state index is 4.83. The van der Waals surface area contributed by atoms with Gasteiger partial charge in [-0.2, -0.15) is 5.10 Å². The summed E-state index contributed by atoms with van der Waals surface area (Å²) in [5.41, 5.74) is 5.18. The van der Waals surface area contributed by atoms with Crippen LogP contribution in [0, 0.1) is 13.8 Å². The summed E-state index contributed by atoms with van der Waals surface area (Å²) >= 11 is 0. The van der Waals surface area contributed by atoms with Gasteiger partial charge in [-0.1, -0.05) is 12.2 Å². The Balaban J connectivity index is 1.55. The minimum atomic E-state index is 0.893. The summed E-state index contributed by atoms with van der Waals surface area (Å²) in [5.74, 6) is 2.06. The lowest BCUT2D eigenvalue weighted by Gasteiger charge is -2.27. The van der Waals surface area contributed by atoms with Crippen molar-refractivity contribution in [3.63, 3.8) is 0 Å². The largest absolute Gasteiger partial charge is 0.352 e. The van der Waals surface area contributed by atoms with Gasteiger partial charge in [0, 0.05) is 63.0 Å². The smallest absolute Gasteiger partial charge is 0.136 e. The number of anilines is 1. The van der Waals surface area contributed by atoms with Gasteiger partial charge in [0.1, 0.15) is 11.6 Å². The molecule has 6 nitrogen and oxygen atoms in total. The molecule has 0 saturated heterocycles. The van der Waals surface area contributed by atoms with Crippen LogP contribution in [0.2, 0.25) is 0 Å². The van der Waals surface area contributed by atoms with E-state index in [0.29, 0.717) is 0 Å². The lowest BCUT2D eigenvalue weighted by Crippen LogP contribution is -2.30. The van der Waals surface area contributed by atoms with Gasteiger partial charge in [-0.15, -0.1) is 0 Å². The number of aryl methyl sites for hydroxylation is 2. The normalized spacial score (nSPS) is 18.0. The summed E-state index contributed by atoms with van der Waals surface area (Å²) in [6.45, 7) is 9.22. The van der Waals surface area contributed by atoms with Gasteiger partial charge in [-0.05, 0) is 26.7 Å². The fourth-order valence-corrected chi connectivity index (χ4v) is 3.94. The first-order valence-electron chi connectivity index (χ1n) is 9.58. The van der Waals surface area contributed by atoms with Crippen molar-refractivity contribution in [3.05, 3.63) is 46.7 Å². The zero-order chi connectivity index (χ0) is 18.1. The SMILES string of the molecule is Cc1nc2c(c(N3CC=CCC3)n1)CCN(Cc1cnn(C)c1C)CC2. The monoisotopic (exact) mass is 352 g/mol. The van der Waals surface area contributed by atoms with Gasteiger partial charge in [0.15, 0.2) is 0 Å². The maximum Gasteiger partial charge on any atom is 0.136 e. The van der Waals surface area contributed by atoms with E-state index in [4.69, 9.17) is 9.97 Å². The Labute approximate surface area is 155 Å². The second-order valence-corrected chi connectivity index (χ2v) is 7.38. The van der Waals surface area contributed by atoms with Crippen LogP contribution in [-0.2, 0) is 26.4 Å². The van der Waals surface area contributed by atoms with Gasteiger partial charge >= 0.3 is 0 Å². The Bertz CT molecular complexity index is 822. The Kier molecular flexibility index (Phi) is 4.76. The van der Waals surface area contributed by atoms with Gasteiger partial charge in [0.05, 0.1) is 11.9 Å². The van der Waals surface area contributed by atoms with E-state index in [2.05, 4.69) is 34.0 Å². The zero-order valence-corrected chi connectivity index (χ0v) is 16.1. The van der Waals surface area contributed by atoms with E-state index in [0.717, 1.165) is 63.6 Å². The molecule has 2 aliphatic rings. The van der Waals surface area contributed by atoms with E-state index in [1.54, 1.807) is 0 Å². The fourth-order valence-electron chi connectivity index (χ4n) is 3.94. The van der Waals surface area contributed by atoms with Crippen molar-refractivity contribution in [2.24, 2.45) is 7.05 Å². The molecule has 2 aromatic rings. The Morgan fingerprint density at radius 2 is 1.88 bits per heavy atom. The lowest BCUT2D eigenvalue weighted by molar-refractivity contribution is 0.278. The van der Waals surface area contributed by atoms with E-state index in [-0.39, 0.29) is 0 Å². The van der Waals surface area contributed by atoms with Gasteiger partial charge in [-0.3, -0.25) is 9.58 Å². The van der Waals surface area contributed by atoms with Gasteiger partial charge in [0.2, 0.25) is 0 Å². The molecule has 26 heavy (non-hydrogen) atoms. The molecule has 0 fully saturated rings. The van der Waals surface area contributed by atoms with E-state index in [1.165, 1.54) is 22.5 Å². The molecule has 0 bridgehead atoms. The summed E-state index contributed by atoms with van der Waals surface area (Å²) in [6, 6.07) is 0. The average molecular weight is 352 g/mol. The third-order valence-corrected chi connectivity index (χ3v) is 5.61. The standard InChI is InChI=1S/C20H28N6/c1-15-17(13-21-24(15)3)14-25-11-7-18-19(8-12-25)22-16(2)23-20(18)26-9-5-4-6-10-26/h4-5,13H,6-12,14H2,1-3H3. The van der Waals surface area contributed by atoms with Crippen LogP contribution >= 0.6 is 0 Å². The highest BCUT2D eigenvalue weighted by atomic mass is 15.3. The molecule has 0 aromatic carbocycles. The molecule has 0 atom stereocenters. The first-order chi connectivity index (χ1) is 12.6. The Hall–Kier alpha value is -2.21. The predicted molar refractivity (Wildman–Crippen MR) is 103 cm³/mol. The van der Waals surface area contributed by atoms with Crippen LogP contribution in [0.1, 0.15) is 34.8 Å². The molecule has 0 aliphatic carbocycles. The van der Waals surface area contributed by atoms with Crippen LogP contribution < -0.4 is 4.90 Å². The van der Waals surface area contributed by atoms with E-state index < -0.39 is 0 Å². The van der Waals surface area contributed by atoms with E-state index in [9.17, 15) is 0 Å². The molecule has 0 radical (unpaired) electrons. The first-order valence-corrected chi connectivity index (χ1v) is 9.58. The minimum absolute atomic E-state index is 0.893. The number of nitrogens with zero attached hydrogens (tertiary/aromatic N) is 6. The predicted octanol–water partition coefficient (Wildman–Crippen LogP) is 2.19. The molecule has 0 saturated carbocycles. The Morgan fingerprint density at radius 1 is 1.04 bits per heavy atom. The molecular formula is C20H28N6. The molecule has 4 rings (SSSR count). The van der Waals surface area contributed by atoms with Crippen molar-refractivity contribution in [2.75, 3.05) is 31.1 Å². The van der Waals surface area contributed by atoms with Crippen LogP contribution in [0.3, 0.4) is 0 Å². The molecule has 4 heterocycles. The van der Waals surface area contributed by atoms with Gasteiger partial charge < -0.3 is 4.90 Å². The van der Waals surface area contributed by atoms with E-state index in [1.807, 2.05) is 24.9 Å². The van der Waals surface area contributed by atoms with Crippen molar-refractivity contribution < 1.29 is 0 Å². The van der Waals surface area contributed by atoms with Gasteiger partial charge in [0.25, 0.3) is 0 Å². The molecule has 0 N–H and O–H groups in total. The van der Waals surface area contributed by atoms with Gasteiger partial charge in [-0.25, -0.2) is 9.97 Å². The fraction of sp³-hybridized carbons (Fsp3) is 0.550. The number of hydrogen-bond acceptors (Lipinski definition) is 5. The van der Waals surface area contributed by atoms with E-state index >= 15 is 0 Å². The lowest BCUT2D eigenvalue weighted by atomic mass is 10.1. The first kappa shape index (κ1) is 17.2. The van der Waals surface area contributed by atoms with Crippen LogP contribution in [-0.4, -0.2) is 50.8 Å². The highest BCUT2D eigenvalue weighted by Gasteiger charge is 2.23. The quantitative estimate of drug-likeness (QED) is 0.793. The highest BCUT2D eigenvalue weighted by Crippen LogP contribution is 2.26. The van der Waals surface area contributed by atoms with Crippen LogP contribution in [0.15, 0.2) is 18.3 Å². The minimum Gasteiger partial charge on any atom is -0.352 e. The zero-order valence-electron chi connectivity index (χ0n) is 16.1. The van der Waals surface area contributed by atoms with Crippen molar-refractivity contribution >= 4 is 5.82 Å². The number of rotatable bonds is 3. The summed E-state index contributed by atoms with van der Waals surface area (Å²) in [5, 5.41) is 4.39. The molecule has 2 aliphatic heterocycles. The van der Waals surface area contributed by atoms with Crippen LogP contribution in [0.5, 0.6) is 0 Å². The summed E-state index contributed by atoms with van der Waals surface area (Å²) < 4.78 is 1.96. The van der Waals surface area contributed by atoms with Crippen molar-refractivity contribution in [1.29, 1.82) is 0 Å². The number of fused-ring (bicyclic) bond motifs is 1. The number of hydrogen-bond donors (Lipinski definition) is 0. The molecule has 2 aromatic heterocycles.